The average Bonchev–Trinajstić information content (AvgIpc) is 2.29. The number of rotatable bonds is 3. The molecular weight excluding hydrogens is 205 g/mol. The Bertz CT molecular complexity index is 502. The Morgan fingerprint density at radius 1 is 1.25 bits per heavy atom. The summed E-state index contributed by atoms with van der Waals surface area (Å²) < 4.78 is 0. The van der Waals surface area contributed by atoms with E-state index >= 15 is 0 Å². The minimum absolute atomic E-state index is 0.0106. The van der Waals surface area contributed by atoms with E-state index in [0.29, 0.717) is 11.9 Å². The van der Waals surface area contributed by atoms with Crippen molar-refractivity contribution in [3.05, 3.63) is 36.0 Å². The van der Waals surface area contributed by atoms with Crippen molar-refractivity contribution >= 4 is 23.5 Å². The van der Waals surface area contributed by atoms with E-state index in [1.165, 1.54) is 0 Å². The zero-order chi connectivity index (χ0) is 11.5. The molecule has 0 amide bonds. The fourth-order valence-electron chi connectivity index (χ4n) is 1.75. The predicted molar refractivity (Wildman–Crippen MR) is 62.4 cm³/mol. The largest absolute Gasteiger partial charge is 0.488 e. The van der Waals surface area contributed by atoms with Crippen molar-refractivity contribution in [2.24, 2.45) is 0 Å². The van der Waals surface area contributed by atoms with Crippen LogP contribution in [0.15, 0.2) is 30.5 Å². The summed E-state index contributed by atoms with van der Waals surface area (Å²) in [5.74, 6) is 0. The van der Waals surface area contributed by atoms with Crippen molar-refractivity contribution in [2.45, 2.75) is 6.42 Å². The van der Waals surface area contributed by atoms with Gasteiger partial charge in [-0.15, -0.1) is 0 Å². The molecule has 0 aliphatic heterocycles. The van der Waals surface area contributed by atoms with Gasteiger partial charge in [-0.3, -0.25) is 4.98 Å². The van der Waals surface area contributed by atoms with Crippen LogP contribution in [0.25, 0.3) is 10.9 Å². The number of fused-ring (bicyclic) bond motifs is 1. The van der Waals surface area contributed by atoms with Crippen molar-refractivity contribution in [3.63, 3.8) is 0 Å². The summed E-state index contributed by atoms with van der Waals surface area (Å²) >= 11 is 0. The second-order valence-corrected chi connectivity index (χ2v) is 3.60. The fraction of sp³-hybridized carbons (Fsp3) is 0.182. The molecule has 0 saturated carbocycles. The molecule has 1 aromatic carbocycles. The van der Waals surface area contributed by atoms with Crippen LogP contribution in [0.3, 0.4) is 0 Å². The van der Waals surface area contributed by atoms with Crippen molar-refractivity contribution in [1.29, 1.82) is 0 Å². The second kappa shape index (κ2) is 4.61. The van der Waals surface area contributed by atoms with Crippen LogP contribution in [0.2, 0.25) is 0 Å². The molecule has 4 nitrogen and oxygen atoms in total. The minimum atomic E-state index is -1.50. The number of aromatic nitrogens is 1. The number of aliphatic hydroxyl groups excluding tert-OH is 1. The Morgan fingerprint density at radius 2 is 2.06 bits per heavy atom. The maximum absolute atomic E-state index is 9.15. The lowest BCUT2D eigenvalue weighted by molar-refractivity contribution is 0.300. The summed E-state index contributed by atoms with van der Waals surface area (Å²) in [5.41, 5.74) is 2.04. The van der Waals surface area contributed by atoms with Gasteiger partial charge in [0.15, 0.2) is 0 Å². The molecule has 0 saturated heterocycles. The van der Waals surface area contributed by atoms with Crippen LogP contribution in [0.4, 0.5) is 0 Å². The van der Waals surface area contributed by atoms with Crippen LogP contribution in [-0.4, -0.2) is 33.9 Å². The molecule has 1 heterocycles. The quantitative estimate of drug-likeness (QED) is 0.603. The van der Waals surface area contributed by atoms with Gasteiger partial charge < -0.3 is 15.2 Å². The molecule has 1 aromatic heterocycles. The molecule has 0 fully saturated rings. The number of hydrogen-bond acceptors (Lipinski definition) is 4. The van der Waals surface area contributed by atoms with Crippen LogP contribution in [-0.2, 0) is 6.42 Å². The number of nitrogens with zero attached hydrogens (tertiary/aromatic N) is 1. The summed E-state index contributed by atoms with van der Waals surface area (Å²) in [7, 11) is -1.50. The highest BCUT2D eigenvalue weighted by Crippen LogP contribution is 2.15. The van der Waals surface area contributed by atoms with Gasteiger partial charge in [0.2, 0.25) is 0 Å². The van der Waals surface area contributed by atoms with E-state index in [1.54, 1.807) is 24.4 Å². The highest BCUT2D eigenvalue weighted by atomic mass is 16.4. The van der Waals surface area contributed by atoms with Gasteiger partial charge in [-0.2, -0.15) is 0 Å². The zero-order valence-electron chi connectivity index (χ0n) is 8.67. The molecule has 0 bridgehead atoms. The molecule has 2 aromatic rings. The number of pyridine rings is 1. The molecule has 0 spiro atoms. The molecule has 0 atom stereocenters. The van der Waals surface area contributed by atoms with Crippen molar-refractivity contribution in [3.8, 4) is 0 Å². The Kier molecular flexibility index (Phi) is 3.19. The van der Waals surface area contributed by atoms with Gasteiger partial charge in [0.05, 0.1) is 5.52 Å². The van der Waals surface area contributed by atoms with Gasteiger partial charge >= 0.3 is 7.12 Å². The maximum Gasteiger partial charge on any atom is 0.488 e. The van der Waals surface area contributed by atoms with E-state index in [4.69, 9.17) is 15.2 Å². The first-order valence-corrected chi connectivity index (χ1v) is 5.07. The first-order valence-electron chi connectivity index (χ1n) is 5.07. The van der Waals surface area contributed by atoms with Crippen LogP contribution in [0.1, 0.15) is 5.56 Å². The van der Waals surface area contributed by atoms with E-state index < -0.39 is 7.12 Å². The Balaban J connectivity index is 2.63. The molecule has 16 heavy (non-hydrogen) atoms. The standard InChI is InChI=1S/C11H12BNO3/c14-5-3-9-7-10(12(15)16)6-8-2-1-4-13-11(8)9/h1-2,4,6-7,14-16H,3,5H2. The lowest BCUT2D eigenvalue weighted by Crippen LogP contribution is -2.30. The summed E-state index contributed by atoms with van der Waals surface area (Å²) in [6.45, 7) is 0.0106. The van der Waals surface area contributed by atoms with Crippen LogP contribution in [0.5, 0.6) is 0 Å². The monoisotopic (exact) mass is 217 g/mol. The van der Waals surface area contributed by atoms with E-state index in [9.17, 15) is 0 Å². The maximum atomic E-state index is 9.15. The molecule has 0 aliphatic carbocycles. The molecule has 2 rings (SSSR count). The molecule has 0 unspecified atom stereocenters. The van der Waals surface area contributed by atoms with Gasteiger partial charge in [0, 0.05) is 18.2 Å². The highest BCUT2D eigenvalue weighted by molar-refractivity contribution is 6.59. The predicted octanol–water partition coefficient (Wildman–Crippen LogP) is -0.551. The van der Waals surface area contributed by atoms with Gasteiger partial charge in [-0.05, 0) is 23.5 Å². The lowest BCUT2D eigenvalue weighted by atomic mass is 9.78. The lowest BCUT2D eigenvalue weighted by Gasteiger charge is -2.07. The summed E-state index contributed by atoms with van der Waals surface area (Å²) in [6.07, 6.45) is 2.13. The smallest absolute Gasteiger partial charge is 0.423 e. The minimum Gasteiger partial charge on any atom is -0.423 e. The molecule has 82 valence electrons. The Morgan fingerprint density at radius 3 is 2.75 bits per heavy atom. The molecular formula is C11H12BNO3. The van der Waals surface area contributed by atoms with Gasteiger partial charge in [0.1, 0.15) is 0 Å². The third-order valence-electron chi connectivity index (χ3n) is 2.49. The molecule has 5 heteroatoms. The molecule has 0 aliphatic rings. The van der Waals surface area contributed by atoms with E-state index in [1.807, 2.05) is 6.07 Å². The normalized spacial score (nSPS) is 10.7. The first kappa shape index (κ1) is 11.1. The molecule has 0 radical (unpaired) electrons. The second-order valence-electron chi connectivity index (χ2n) is 3.60. The van der Waals surface area contributed by atoms with Crippen LogP contribution >= 0.6 is 0 Å². The Hall–Kier alpha value is -1.43. The zero-order valence-corrected chi connectivity index (χ0v) is 8.67. The molecule has 3 N–H and O–H groups in total. The number of aliphatic hydroxyl groups is 1. The SMILES string of the molecule is OCCc1cc(B(O)O)cc2cccnc12. The van der Waals surface area contributed by atoms with E-state index in [-0.39, 0.29) is 6.61 Å². The van der Waals surface area contributed by atoms with Gasteiger partial charge in [0.25, 0.3) is 0 Å². The van der Waals surface area contributed by atoms with Gasteiger partial charge in [-0.25, -0.2) is 0 Å². The van der Waals surface area contributed by atoms with E-state index in [2.05, 4.69) is 4.98 Å². The summed E-state index contributed by atoms with van der Waals surface area (Å²) in [6, 6.07) is 7.00. The first-order chi connectivity index (χ1) is 7.72. The van der Waals surface area contributed by atoms with Gasteiger partial charge in [-0.1, -0.05) is 18.2 Å². The Labute approximate surface area is 93.3 Å². The van der Waals surface area contributed by atoms with Crippen molar-refractivity contribution in [2.75, 3.05) is 6.61 Å². The van der Waals surface area contributed by atoms with Crippen molar-refractivity contribution < 1.29 is 15.2 Å². The summed E-state index contributed by atoms with van der Waals surface area (Å²) in [5, 5.41) is 28.1. The average molecular weight is 217 g/mol. The fourth-order valence-corrected chi connectivity index (χ4v) is 1.75. The number of benzene rings is 1. The van der Waals surface area contributed by atoms with Crippen LogP contribution < -0.4 is 5.46 Å². The topological polar surface area (TPSA) is 73.6 Å². The van der Waals surface area contributed by atoms with E-state index in [0.717, 1.165) is 16.5 Å². The van der Waals surface area contributed by atoms with Crippen molar-refractivity contribution in [1.82, 2.24) is 4.98 Å². The summed E-state index contributed by atoms with van der Waals surface area (Å²) in [4.78, 5) is 4.23. The highest BCUT2D eigenvalue weighted by Gasteiger charge is 2.14. The van der Waals surface area contributed by atoms with Crippen LogP contribution in [0, 0.1) is 0 Å². The third-order valence-corrected chi connectivity index (χ3v) is 2.49. The third kappa shape index (κ3) is 2.06. The number of hydrogen-bond donors (Lipinski definition) is 3.